The van der Waals surface area contributed by atoms with Crippen LogP contribution in [0.15, 0.2) is 20.0 Å². The highest BCUT2D eigenvalue weighted by Crippen LogP contribution is 2.28. The van der Waals surface area contributed by atoms with Crippen molar-refractivity contribution in [3.63, 3.8) is 0 Å². The first-order valence-electron chi connectivity index (χ1n) is 5.48. The summed E-state index contributed by atoms with van der Waals surface area (Å²) in [4.78, 5) is 0.176. The molecule has 1 fully saturated rings. The summed E-state index contributed by atoms with van der Waals surface area (Å²) in [5.41, 5.74) is 0. The average Bonchev–Trinajstić information content (AvgIpc) is 2.55. The first kappa shape index (κ1) is 13.1. The molecule has 0 amide bonds. The van der Waals surface area contributed by atoms with E-state index >= 15 is 0 Å². The number of furan rings is 1. The third-order valence-electron chi connectivity index (χ3n) is 2.77. The standard InChI is InChI=1S/C10H15BrN2O3S/c1-12-6-8-5-9(10(11)16-8)17(14,15)13-7-3-2-4-7/h5,7,12-13H,2-4,6H2,1H3. The van der Waals surface area contributed by atoms with Gasteiger partial charge >= 0.3 is 0 Å². The number of nitrogens with one attached hydrogen (secondary N) is 2. The van der Waals surface area contributed by atoms with Crippen LogP contribution in [0.1, 0.15) is 25.0 Å². The Morgan fingerprint density at radius 1 is 1.53 bits per heavy atom. The van der Waals surface area contributed by atoms with Crippen LogP contribution >= 0.6 is 15.9 Å². The normalized spacial score (nSPS) is 17.1. The predicted molar refractivity (Wildman–Crippen MR) is 67.1 cm³/mol. The van der Waals surface area contributed by atoms with E-state index in [1.807, 2.05) is 0 Å². The van der Waals surface area contributed by atoms with E-state index in [0.29, 0.717) is 12.3 Å². The summed E-state index contributed by atoms with van der Waals surface area (Å²) >= 11 is 3.14. The summed E-state index contributed by atoms with van der Waals surface area (Å²) in [7, 11) is -1.69. The molecule has 17 heavy (non-hydrogen) atoms. The highest BCUT2D eigenvalue weighted by molar-refractivity contribution is 9.10. The van der Waals surface area contributed by atoms with Crippen LogP contribution < -0.4 is 10.0 Å². The molecule has 0 aromatic carbocycles. The molecule has 96 valence electrons. The van der Waals surface area contributed by atoms with Gasteiger partial charge in [0.2, 0.25) is 10.0 Å². The van der Waals surface area contributed by atoms with E-state index in [4.69, 9.17) is 4.42 Å². The lowest BCUT2D eigenvalue weighted by Crippen LogP contribution is -2.39. The van der Waals surface area contributed by atoms with Gasteiger partial charge in [-0.3, -0.25) is 0 Å². The molecule has 2 rings (SSSR count). The van der Waals surface area contributed by atoms with Gasteiger partial charge in [0.25, 0.3) is 0 Å². The minimum atomic E-state index is -3.47. The minimum absolute atomic E-state index is 0.0783. The molecule has 1 aliphatic rings. The fourth-order valence-corrected chi connectivity index (χ4v) is 3.95. The molecule has 0 unspecified atom stereocenters. The SMILES string of the molecule is CNCc1cc(S(=O)(=O)NC2CCC2)c(Br)o1. The minimum Gasteiger partial charge on any atom is -0.452 e. The van der Waals surface area contributed by atoms with Crippen molar-refractivity contribution in [3.05, 3.63) is 16.5 Å². The molecule has 1 saturated carbocycles. The number of hydrogen-bond acceptors (Lipinski definition) is 4. The summed E-state index contributed by atoms with van der Waals surface area (Å²) in [6.07, 6.45) is 2.92. The Labute approximate surface area is 109 Å². The smallest absolute Gasteiger partial charge is 0.245 e. The van der Waals surface area contributed by atoms with Gasteiger partial charge in [0.15, 0.2) is 4.67 Å². The number of sulfonamides is 1. The highest BCUT2D eigenvalue weighted by atomic mass is 79.9. The molecular weight excluding hydrogens is 308 g/mol. The molecule has 0 radical (unpaired) electrons. The lowest BCUT2D eigenvalue weighted by molar-refractivity contribution is 0.383. The number of halogens is 1. The van der Waals surface area contributed by atoms with Crippen molar-refractivity contribution in [1.29, 1.82) is 0 Å². The van der Waals surface area contributed by atoms with E-state index in [-0.39, 0.29) is 15.6 Å². The molecule has 2 N–H and O–H groups in total. The first-order chi connectivity index (χ1) is 8.03. The molecule has 5 nitrogen and oxygen atoms in total. The Hall–Kier alpha value is -0.370. The fraction of sp³-hybridized carbons (Fsp3) is 0.600. The second kappa shape index (κ2) is 5.09. The zero-order valence-electron chi connectivity index (χ0n) is 9.49. The summed E-state index contributed by atoms with van der Waals surface area (Å²) in [5, 5.41) is 2.91. The van der Waals surface area contributed by atoms with Crippen molar-refractivity contribution in [3.8, 4) is 0 Å². The van der Waals surface area contributed by atoms with Crippen molar-refractivity contribution in [1.82, 2.24) is 10.0 Å². The molecule has 1 aliphatic carbocycles. The Morgan fingerprint density at radius 2 is 2.24 bits per heavy atom. The molecule has 0 spiro atoms. The van der Waals surface area contributed by atoms with Gasteiger partial charge < -0.3 is 9.73 Å². The Bertz CT molecular complexity index is 494. The Morgan fingerprint density at radius 3 is 2.76 bits per heavy atom. The van der Waals surface area contributed by atoms with Crippen LogP contribution in [-0.4, -0.2) is 21.5 Å². The lowest BCUT2D eigenvalue weighted by Gasteiger charge is -2.25. The van der Waals surface area contributed by atoms with Crippen LogP contribution in [0, 0.1) is 0 Å². The maximum atomic E-state index is 12.1. The van der Waals surface area contributed by atoms with E-state index in [9.17, 15) is 8.42 Å². The van der Waals surface area contributed by atoms with Gasteiger partial charge in [-0.05, 0) is 35.8 Å². The number of rotatable bonds is 5. The van der Waals surface area contributed by atoms with Crippen molar-refractivity contribution < 1.29 is 12.8 Å². The molecule has 1 heterocycles. The van der Waals surface area contributed by atoms with Gasteiger partial charge in [0, 0.05) is 12.1 Å². The molecule has 0 saturated heterocycles. The van der Waals surface area contributed by atoms with E-state index in [2.05, 4.69) is 26.0 Å². The summed E-state index contributed by atoms with van der Waals surface area (Å²) in [5.74, 6) is 0.591. The predicted octanol–water partition coefficient (Wildman–Crippen LogP) is 1.59. The maximum Gasteiger partial charge on any atom is 0.245 e. The quantitative estimate of drug-likeness (QED) is 0.863. The van der Waals surface area contributed by atoms with Gasteiger partial charge in [-0.15, -0.1) is 0 Å². The molecule has 0 atom stereocenters. The lowest BCUT2D eigenvalue weighted by atomic mass is 9.94. The molecule has 1 aromatic rings. The summed E-state index contributed by atoms with van der Waals surface area (Å²) < 4.78 is 32.3. The third-order valence-corrected chi connectivity index (χ3v) is 5.15. The second-order valence-corrected chi connectivity index (χ2v) is 6.53. The van der Waals surface area contributed by atoms with Crippen LogP contribution in [0.2, 0.25) is 0 Å². The third kappa shape index (κ3) is 2.90. The highest BCUT2D eigenvalue weighted by Gasteiger charge is 2.28. The van der Waals surface area contributed by atoms with E-state index in [1.54, 1.807) is 13.1 Å². The van der Waals surface area contributed by atoms with E-state index < -0.39 is 10.0 Å². The molecule has 0 bridgehead atoms. The van der Waals surface area contributed by atoms with E-state index in [1.165, 1.54) is 0 Å². The van der Waals surface area contributed by atoms with Crippen molar-refractivity contribution in [2.75, 3.05) is 7.05 Å². The van der Waals surface area contributed by atoms with Crippen molar-refractivity contribution >= 4 is 26.0 Å². The Balaban J connectivity index is 2.19. The molecular formula is C10H15BrN2O3S. The van der Waals surface area contributed by atoms with Crippen molar-refractivity contribution in [2.45, 2.75) is 36.7 Å². The van der Waals surface area contributed by atoms with Gasteiger partial charge in [0.1, 0.15) is 10.7 Å². The van der Waals surface area contributed by atoms with E-state index in [0.717, 1.165) is 19.3 Å². The maximum absolute atomic E-state index is 12.1. The largest absolute Gasteiger partial charge is 0.452 e. The molecule has 1 aromatic heterocycles. The van der Waals surface area contributed by atoms with Gasteiger partial charge in [0.05, 0.1) is 6.54 Å². The Kier molecular flexibility index (Phi) is 3.92. The zero-order chi connectivity index (χ0) is 12.5. The van der Waals surface area contributed by atoms with Gasteiger partial charge in [-0.25, -0.2) is 13.1 Å². The number of hydrogen-bond donors (Lipinski definition) is 2. The average molecular weight is 323 g/mol. The molecule has 0 aliphatic heterocycles. The van der Waals surface area contributed by atoms with Crippen LogP contribution in [-0.2, 0) is 16.6 Å². The topological polar surface area (TPSA) is 71.3 Å². The first-order valence-corrected chi connectivity index (χ1v) is 7.75. The summed E-state index contributed by atoms with van der Waals surface area (Å²) in [6, 6.07) is 1.62. The monoisotopic (exact) mass is 322 g/mol. The van der Waals surface area contributed by atoms with Gasteiger partial charge in [-0.2, -0.15) is 0 Å². The van der Waals surface area contributed by atoms with Crippen LogP contribution in [0.3, 0.4) is 0 Å². The fourth-order valence-electron chi connectivity index (χ4n) is 1.65. The molecule has 7 heteroatoms. The zero-order valence-corrected chi connectivity index (χ0v) is 11.9. The van der Waals surface area contributed by atoms with Crippen LogP contribution in [0.4, 0.5) is 0 Å². The van der Waals surface area contributed by atoms with Gasteiger partial charge in [-0.1, -0.05) is 6.42 Å². The summed E-state index contributed by atoms with van der Waals surface area (Å²) in [6.45, 7) is 0.498. The van der Waals surface area contributed by atoms with Crippen LogP contribution in [0.25, 0.3) is 0 Å². The van der Waals surface area contributed by atoms with Crippen LogP contribution in [0.5, 0.6) is 0 Å². The second-order valence-electron chi connectivity index (χ2n) is 4.13. The van der Waals surface area contributed by atoms with Crippen molar-refractivity contribution in [2.24, 2.45) is 0 Å².